The summed E-state index contributed by atoms with van der Waals surface area (Å²) in [6.45, 7) is 9.73. The maximum atomic E-state index is 13.2. The summed E-state index contributed by atoms with van der Waals surface area (Å²) in [6.07, 6.45) is -1.53. The molecule has 12 heteroatoms. The van der Waals surface area contributed by atoms with E-state index in [1.165, 1.54) is 18.2 Å². The van der Waals surface area contributed by atoms with Crippen LogP contribution in [-0.2, 0) is 29.1 Å². The fraction of sp³-hybridized carbons (Fsp3) is 0.571. The summed E-state index contributed by atoms with van der Waals surface area (Å²) in [5.74, 6) is -1.10. The SMILES string of the molecule is CC(C)(C)OC(=O)[N+]1(C(=O)OC(C)(C)C)CCCC1C(=O)ONS(=O)(=O)c1ccccc1Br. The van der Waals surface area contributed by atoms with Crippen molar-refractivity contribution in [2.45, 2.75) is 76.5 Å². The van der Waals surface area contributed by atoms with Crippen molar-refractivity contribution in [3.8, 4) is 0 Å². The van der Waals surface area contributed by atoms with Gasteiger partial charge in [-0.3, -0.25) is 0 Å². The second kappa shape index (κ2) is 9.69. The van der Waals surface area contributed by atoms with Gasteiger partial charge in [0.25, 0.3) is 10.0 Å². The number of carbonyl (C=O) groups is 3. The highest BCUT2D eigenvalue weighted by atomic mass is 79.9. The van der Waals surface area contributed by atoms with Gasteiger partial charge in [-0.05, 0) is 74.5 Å². The highest BCUT2D eigenvalue weighted by Gasteiger charge is 2.63. The van der Waals surface area contributed by atoms with Crippen molar-refractivity contribution in [2.24, 2.45) is 0 Å². The first kappa shape index (κ1) is 27.2. The zero-order chi connectivity index (χ0) is 25.2. The lowest BCUT2D eigenvalue weighted by molar-refractivity contribution is -0.791. The third kappa shape index (κ3) is 6.52. The Morgan fingerprint density at radius 3 is 2.00 bits per heavy atom. The molecule has 0 aliphatic carbocycles. The number of hydrogen-bond acceptors (Lipinski definition) is 8. The number of rotatable bonds is 4. The van der Waals surface area contributed by atoms with E-state index in [1.807, 2.05) is 0 Å². The Morgan fingerprint density at radius 2 is 1.52 bits per heavy atom. The molecule has 1 N–H and O–H groups in total. The summed E-state index contributed by atoms with van der Waals surface area (Å²) < 4.78 is 35.2. The van der Waals surface area contributed by atoms with Gasteiger partial charge in [-0.1, -0.05) is 12.1 Å². The van der Waals surface area contributed by atoms with Gasteiger partial charge in [0.1, 0.15) is 17.7 Å². The molecule has 1 heterocycles. The minimum absolute atomic E-state index is 0.0550. The molecular formula is C21H30BrN2O8S+. The second-order valence-corrected chi connectivity index (χ2v) is 12.1. The number of nitrogens with one attached hydrogen (secondary N) is 1. The van der Waals surface area contributed by atoms with Gasteiger partial charge in [0.05, 0.1) is 4.90 Å². The number of amides is 2. The molecule has 2 rings (SSSR count). The van der Waals surface area contributed by atoms with Crippen LogP contribution in [0.2, 0.25) is 0 Å². The third-order valence-electron chi connectivity index (χ3n) is 4.61. The first-order chi connectivity index (χ1) is 15.0. The summed E-state index contributed by atoms with van der Waals surface area (Å²) in [5.41, 5.74) is -1.88. The lowest BCUT2D eigenvalue weighted by Gasteiger charge is -2.34. The van der Waals surface area contributed by atoms with Crippen LogP contribution in [0.4, 0.5) is 9.59 Å². The minimum atomic E-state index is -4.23. The largest absolute Gasteiger partial charge is 0.527 e. The van der Waals surface area contributed by atoms with E-state index in [1.54, 1.807) is 52.5 Å². The average molecular weight is 550 g/mol. The Kier molecular flexibility index (Phi) is 7.99. The van der Waals surface area contributed by atoms with Crippen LogP contribution in [0.25, 0.3) is 0 Å². The summed E-state index contributed by atoms with van der Waals surface area (Å²) in [5, 5.41) is 0. The highest BCUT2D eigenvalue weighted by molar-refractivity contribution is 9.10. The average Bonchev–Trinajstić information content (AvgIpc) is 3.10. The number of benzene rings is 1. The topological polar surface area (TPSA) is 125 Å². The van der Waals surface area contributed by atoms with E-state index >= 15 is 0 Å². The van der Waals surface area contributed by atoms with Gasteiger partial charge in [-0.15, -0.1) is 4.48 Å². The van der Waals surface area contributed by atoms with E-state index in [-0.39, 0.29) is 22.3 Å². The Bertz CT molecular complexity index is 999. The Balaban J connectivity index is 2.34. The second-order valence-electron chi connectivity index (χ2n) is 9.65. The normalized spacial score (nSPS) is 18.5. The molecule has 33 heavy (non-hydrogen) atoms. The van der Waals surface area contributed by atoms with E-state index in [0.717, 1.165) is 0 Å². The number of imide groups is 1. The molecule has 0 radical (unpaired) electrons. The summed E-state index contributed by atoms with van der Waals surface area (Å²) >= 11 is 3.13. The van der Waals surface area contributed by atoms with E-state index in [2.05, 4.69) is 15.9 Å². The number of carbonyl (C=O) groups excluding carboxylic acids is 3. The molecule has 0 saturated carbocycles. The molecule has 1 atom stereocenters. The Labute approximate surface area is 202 Å². The molecule has 0 spiro atoms. The van der Waals surface area contributed by atoms with Crippen LogP contribution in [-0.4, -0.2) is 54.8 Å². The maximum absolute atomic E-state index is 13.2. The van der Waals surface area contributed by atoms with Crippen LogP contribution in [0, 0.1) is 0 Å². The minimum Gasteiger partial charge on any atom is -0.414 e. The van der Waals surface area contributed by atoms with Crippen molar-refractivity contribution in [3.05, 3.63) is 28.7 Å². The molecule has 1 saturated heterocycles. The number of sulfonamides is 1. The first-order valence-corrected chi connectivity index (χ1v) is 12.6. The molecule has 1 unspecified atom stereocenters. The molecule has 184 valence electrons. The molecule has 10 nitrogen and oxygen atoms in total. The van der Waals surface area contributed by atoms with Crippen LogP contribution in [0.15, 0.2) is 33.6 Å². The molecule has 2 amide bonds. The van der Waals surface area contributed by atoms with Crippen molar-refractivity contribution >= 4 is 44.1 Å². The molecule has 0 aromatic heterocycles. The van der Waals surface area contributed by atoms with Crippen molar-refractivity contribution in [3.63, 3.8) is 0 Å². The van der Waals surface area contributed by atoms with Crippen LogP contribution in [0.1, 0.15) is 54.4 Å². The van der Waals surface area contributed by atoms with Crippen molar-refractivity contribution in [1.29, 1.82) is 0 Å². The quantitative estimate of drug-likeness (QED) is 0.339. The zero-order valence-corrected chi connectivity index (χ0v) is 21.9. The zero-order valence-electron chi connectivity index (χ0n) is 19.5. The van der Waals surface area contributed by atoms with E-state index in [4.69, 9.17) is 14.3 Å². The van der Waals surface area contributed by atoms with Crippen LogP contribution in [0.3, 0.4) is 0 Å². The number of ether oxygens (including phenoxy) is 2. The van der Waals surface area contributed by atoms with Gasteiger partial charge >= 0.3 is 18.2 Å². The van der Waals surface area contributed by atoms with Crippen molar-refractivity contribution in [2.75, 3.05) is 6.54 Å². The van der Waals surface area contributed by atoms with E-state index in [9.17, 15) is 22.8 Å². The maximum Gasteiger partial charge on any atom is 0.527 e. The van der Waals surface area contributed by atoms with Gasteiger partial charge in [0.2, 0.25) is 6.04 Å². The summed E-state index contributed by atoms with van der Waals surface area (Å²) in [4.78, 5) is 45.9. The molecule has 1 aromatic carbocycles. The standard InChI is InChI=1S/C21H30BrN2O8S/c1-20(2,3)30-18(26)24(19(27)31-21(4,5)6)13-9-11-15(24)17(25)32-23-33(28,29)16-12-8-7-10-14(16)22/h7-8,10,12,15,23H,9,11,13H2,1-6H3/q+1. The molecular weight excluding hydrogens is 520 g/mol. The van der Waals surface area contributed by atoms with Crippen molar-refractivity contribution < 1.29 is 41.6 Å². The van der Waals surface area contributed by atoms with Gasteiger partial charge in [0, 0.05) is 17.3 Å². The molecule has 1 aliphatic heterocycles. The van der Waals surface area contributed by atoms with Gasteiger partial charge in [-0.25, -0.2) is 13.2 Å². The molecule has 1 aromatic rings. The smallest absolute Gasteiger partial charge is 0.414 e. The number of likely N-dealkylation sites (tertiary alicyclic amines) is 1. The van der Waals surface area contributed by atoms with Gasteiger partial charge in [-0.2, -0.15) is 9.59 Å². The lowest BCUT2D eigenvalue weighted by atomic mass is 10.2. The first-order valence-electron chi connectivity index (χ1n) is 10.3. The number of hydrogen-bond donors (Lipinski definition) is 1. The third-order valence-corrected chi connectivity index (χ3v) is 6.80. The molecule has 1 aliphatic rings. The van der Waals surface area contributed by atoms with Crippen LogP contribution in [0.5, 0.6) is 0 Å². The van der Waals surface area contributed by atoms with E-state index in [0.29, 0.717) is 6.42 Å². The highest BCUT2D eigenvalue weighted by Crippen LogP contribution is 2.34. The van der Waals surface area contributed by atoms with Crippen molar-refractivity contribution in [1.82, 2.24) is 4.89 Å². The Morgan fingerprint density at radius 1 is 1.00 bits per heavy atom. The number of quaternary nitrogens is 1. The predicted molar refractivity (Wildman–Crippen MR) is 121 cm³/mol. The van der Waals surface area contributed by atoms with Gasteiger partial charge < -0.3 is 14.3 Å². The molecule has 0 bridgehead atoms. The fourth-order valence-electron chi connectivity index (χ4n) is 3.28. The number of nitrogens with zero attached hydrogens (tertiary/aromatic N) is 1. The summed E-state index contributed by atoms with van der Waals surface area (Å²) in [7, 11) is -4.23. The monoisotopic (exact) mass is 549 g/mol. The Hall–Kier alpha value is -2.02. The number of halogens is 1. The van der Waals surface area contributed by atoms with E-state index < -0.39 is 49.9 Å². The predicted octanol–water partition coefficient (Wildman–Crippen LogP) is 4.04. The molecule has 1 fully saturated rings. The van der Waals surface area contributed by atoms with Crippen LogP contribution < -0.4 is 4.89 Å². The fourth-order valence-corrected chi connectivity index (χ4v) is 5.07. The van der Waals surface area contributed by atoms with Gasteiger partial charge in [0.15, 0.2) is 0 Å². The lowest BCUT2D eigenvalue weighted by Crippen LogP contribution is -2.64. The summed E-state index contributed by atoms with van der Waals surface area (Å²) in [6, 6.07) is 4.61. The van der Waals surface area contributed by atoms with Crippen LogP contribution >= 0.6 is 15.9 Å².